The second kappa shape index (κ2) is 7.73. The molecule has 5 heteroatoms. The molecule has 0 fully saturated rings. The number of nitrogens with one attached hydrogen (secondary N) is 2. The molecule has 0 radical (unpaired) electrons. The highest BCUT2D eigenvalue weighted by Crippen LogP contribution is 2.35. The first-order valence-electron chi connectivity index (χ1n) is 9.55. The molecule has 0 unspecified atom stereocenters. The van der Waals surface area contributed by atoms with Crippen molar-refractivity contribution in [2.75, 3.05) is 24.0 Å². The minimum Gasteiger partial charge on any atom is -0.355 e. The van der Waals surface area contributed by atoms with Gasteiger partial charge in [-0.3, -0.25) is 0 Å². The third-order valence-electron chi connectivity index (χ3n) is 4.89. The van der Waals surface area contributed by atoms with Crippen LogP contribution in [0.25, 0.3) is 10.9 Å². The van der Waals surface area contributed by atoms with E-state index < -0.39 is 7.14 Å². The van der Waals surface area contributed by atoms with E-state index in [4.69, 9.17) is 4.98 Å². The van der Waals surface area contributed by atoms with Crippen LogP contribution in [0.5, 0.6) is 0 Å². The average molecular weight is 401 g/mol. The predicted molar refractivity (Wildman–Crippen MR) is 125 cm³/mol. The molecule has 0 bridgehead atoms. The Kier molecular flexibility index (Phi) is 5.12. The molecule has 0 aliphatic rings. The molecule has 4 aromatic rings. The average Bonchev–Trinajstić information content (AvgIpc) is 2.69. The fraction of sp³-hybridized carbons (Fsp3) is 0.125. The van der Waals surface area contributed by atoms with E-state index in [-0.39, 0.29) is 0 Å². The van der Waals surface area contributed by atoms with E-state index in [0.29, 0.717) is 0 Å². The van der Waals surface area contributed by atoms with Gasteiger partial charge in [0.25, 0.3) is 0 Å². The van der Waals surface area contributed by atoms with E-state index in [9.17, 15) is 4.57 Å². The zero-order chi connectivity index (χ0) is 20.4. The summed E-state index contributed by atoms with van der Waals surface area (Å²) in [5, 5.41) is 8.86. The fourth-order valence-corrected chi connectivity index (χ4v) is 4.12. The molecule has 0 aliphatic heterocycles. The Morgan fingerprint density at radius 2 is 1.48 bits per heavy atom. The molecule has 1 heterocycles. The lowest BCUT2D eigenvalue weighted by Gasteiger charge is -2.15. The minimum atomic E-state index is -2.26. The number of fused-ring (bicyclic) bond motifs is 1. The standard InChI is InChI=1S/C24H24N3OP/c1-17-8-4-6-10-21(17)26-23-16-24(27-22-11-7-5-9-20(22)23)25-18-12-14-19(15-13-18)29(2,3)28/h4-16H,1-3H3,(H2,25,26,27). The summed E-state index contributed by atoms with van der Waals surface area (Å²) < 4.78 is 12.2. The summed E-state index contributed by atoms with van der Waals surface area (Å²) in [7, 11) is -2.26. The zero-order valence-corrected chi connectivity index (χ0v) is 17.7. The smallest absolute Gasteiger partial charge is 0.133 e. The summed E-state index contributed by atoms with van der Waals surface area (Å²) in [5.74, 6) is 0.753. The Hall–Kier alpha value is -3.10. The lowest BCUT2D eigenvalue weighted by atomic mass is 10.1. The van der Waals surface area contributed by atoms with Crippen molar-refractivity contribution in [3.05, 3.63) is 84.4 Å². The van der Waals surface area contributed by atoms with Crippen LogP contribution in [-0.4, -0.2) is 18.3 Å². The first kappa shape index (κ1) is 19.2. The summed E-state index contributed by atoms with van der Waals surface area (Å²) in [4.78, 5) is 4.76. The van der Waals surface area contributed by atoms with Crippen LogP contribution in [0.1, 0.15) is 5.56 Å². The number of pyridine rings is 1. The highest BCUT2D eigenvalue weighted by Gasteiger charge is 2.11. The molecule has 1 aromatic heterocycles. The van der Waals surface area contributed by atoms with Gasteiger partial charge in [-0.05, 0) is 62.2 Å². The number of nitrogens with zero attached hydrogens (tertiary/aromatic N) is 1. The molecule has 0 aliphatic carbocycles. The van der Waals surface area contributed by atoms with Crippen molar-refractivity contribution in [1.29, 1.82) is 0 Å². The van der Waals surface area contributed by atoms with Crippen LogP contribution in [-0.2, 0) is 4.57 Å². The van der Waals surface area contributed by atoms with Crippen LogP contribution < -0.4 is 15.9 Å². The first-order valence-corrected chi connectivity index (χ1v) is 12.2. The monoisotopic (exact) mass is 401 g/mol. The van der Waals surface area contributed by atoms with E-state index in [1.165, 1.54) is 5.56 Å². The van der Waals surface area contributed by atoms with Gasteiger partial charge in [0.05, 0.1) is 11.2 Å². The van der Waals surface area contributed by atoms with E-state index in [1.54, 1.807) is 13.3 Å². The van der Waals surface area contributed by atoms with Crippen LogP contribution in [0, 0.1) is 6.92 Å². The van der Waals surface area contributed by atoms with Crippen molar-refractivity contribution in [3.63, 3.8) is 0 Å². The molecule has 29 heavy (non-hydrogen) atoms. The van der Waals surface area contributed by atoms with Gasteiger partial charge >= 0.3 is 0 Å². The largest absolute Gasteiger partial charge is 0.355 e. The molecular formula is C24H24N3OP. The first-order chi connectivity index (χ1) is 13.9. The van der Waals surface area contributed by atoms with E-state index in [0.717, 1.165) is 39.1 Å². The fourth-order valence-electron chi connectivity index (χ4n) is 3.25. The van der Waals surface area contributed by atoms with E-state index >= 15 is 0 Å². The Morgan fingerprint density at radius 3 is 2.21 bits per heavy atom. The SMILES string of the molecule is Cc1ccccc1Nc1cc(Nc2ccc(P(C)(C)=O)cc2)nc2ccccc12. The summed E-state index contributed by atoms with van der Waals surface area (Å²) >= 11 is 0. The Morgan fingerprint density at radius 1 is 0.793 bits per heavy atom. The molecule has 2 N–H and O–H groups in total. The van der Waals surface area contributed by atoms with Crippen molar-refractivity contribution in [2.24, 2.45) is 0 Å². The number of hydrogen-bond donors (Lipinski definition) is 2. The molecule has 0 spiro atoms. The van der Waals surface area contributed by atoms with E-state index in [1.807, 2.05) is 60.7 Å². The Labute approximate surface area is 171 Å². The summed E-state index contributed by atoms with van der Waals surface area (Å²) in [5.41, 5.74) is 5.07. The van der Waals surface area contributed by atoms with Crippen LogP contribution in [0.15, 0.2) is 78.9 Å². The number of para-hydroxylation sites is 2. The van der Waals surface area contributed by atoms with E-state index in [2.05, 4.69) is 35.8 Å². The maximum Gasteiger partial charge on any atom is 0.133 e. The van der Waals surface area contributed by atoms with Crippen molar-refractivity contribution in [3.8, 4) is 0 Å². The van der Waals surface area contributed by atoms with Crippen molar-refractivity contribution >= 4 is 46.2 Å². The maximum atomic E-state index is 12.2. The van der Waals surface area contributed by atoms with Crippen LogP contribution >= 0.6 is 7.14 Å². The maximum absolute atomic E-state index is 12.2. The molecule has 0 atom stereocenters. The van der Waals surface area contributed by atoms with Crippen molar-refractivity contribution in [1.82, 2.24) is 4.98 Å². The molecule has 0 saturated heterocycles. The lowest BCUT2D eigenvalue weighted by Crippen LogP contribution is -2.03. The third-order valence-corrected chi connectivity index (χ3v) is 6.43. The summed E-state index contributed by atoms with van der Waals surface area (Å²) in [6.45, 7) is 5.65. The zero-order valence-electron chi connectivity index (χ0n) is 16.8. The van der Waals surface area contributed by atoms with Crippen LogP contribution in [0.4, 0.5) is 22.9 Å². The molecular weight excluding hydrogens is 377 g/mol. The van der Waals surface area contributed by atoms with Gasteiger partial charge in [0, 0.05) is 28.1 Å². The van der Waals surface area contributed by atoms with Gasteiger partial charge in [0.1, 0.15) is 13.0 Å². The van der Waals surface area contributed by atoms with Gasteiger partial charge in [-0.1, -0.05) is 36.4 Å². The van der Waals surface area contributed by atoms with Crippen LogP contribution in [0.3, 0.4) is 0 Å². The van der Waals surface area contributed by atoms with Crippen LogP contribution in [0.2, 0.25) is 0 Å². The molecule has 3 aromatic carbocycles. The summed E-state index contributed by atoms with van der Waals surface area (Å²) in [6.07, 6.45) is 0. The highest BCUT2D eigenvalue weighted by molar-refractivity contribution is 7.70. The van der Waals surface area contributed by atoms with Gasteiger partial charge < -0.3 is 15.2 Å². The van der Waals surface area contributed by atoms with Gasteiger partial charge in [-0.2, -0.15) is 0 Å². The number of rotatable bonds is 5. The molecule has 0 saturated carbocycles. The van der Waals surface area contributed by atoms with Gasteiger partial charge in [0.15, 0.2) is 0 Å². The van der Waals surface area contributed by atoms with Crippen molar-refractivity contribution < 1.29 is 4.57 Å². The number of hydrogen-bond acceptors (Lipinski definition) is 4. The Bertz CT molecular complexity index is 1210. The van der Waals surface area contributed by atoms with Gasteiger partial charge in [-0.15, -0.1) is 0 Å². The number of aryl methyl sites for hydroxylation is 1. The molecule has 4 rings (SSSR count). The summed E-state index contributed by atoms with van der Waals surface area (Å²) in [6, 6.07) is 26.1. The minimum absolute atomic E-state index is 0.753. The highest BCUT2D eigenvalue weighted by atomic mass is 31.2. The van der Waals surface area contributed by atoms with Gasteiger partial charge in [0.2, 0.25) is 0 Å². The molecule has 146 valence electrons. The number of benzene rings is 3. The molecule has 4 nitrogen and oxygen atoms in total. The second-order valence-electron chi connectivity index (χ2n) is 7.53. The normalized spacial score (nSPS) is 11.4. The third kappa shape index (κ3) is 4.33. The molecule has 0 amide bonds. The number of anilines is 4. The quantitative estimate of drug-likeness (QED) is 0.387. The predicted octanol–water partition coefficient (Wildman–Crippen LogP) is 6.28. The topological polar surface area (TPSA) is 54.0 Å². The van der Waals surface area contributed by atoms with Crippen molar-refractivity contribution in [2.45, 2.75) is 6.92 Å². The lowest BCUT2D eigenvalue weighted by molar-refractivity contribution is 0.588. The Balaban J connectivity index is 1.70. The number of aromatic nitrogens is 1. The van der Waals surface area contributed by atoms with Gasteiger partial charge in [-0.25, -0.2) is 4.98 Å². The second-order valence-corrected chi connectivity index (χ2v) is 10.8.